The zero-order valence-electron chi connectivity index (χ0n) is 44.0. The normalized spacial score (nSPS) is 29.0. The number of rotatable bonds is 4. The molecule has 73 heavy (non-hydrogen) atoms. The van der Waals surface area contributed by atoms with Crippen LogP contribution in [0.5, 0.6) is 0 Å². The summed E-state index contributed by atoms with van der Waals surface area (Å²) in [5, 5.41) is 3.05. The highest BCUT2D eigenvalue weighted by molar-refractivity contribution is 6.90. The summed E-state index contributed by atoms with van der Waals surface area (Å²) < 4.78 is 2.91. The Kier molecular flexibility index (Phi) is 8.23. The van der Waals surface area contributed by atoms with Crippen LogP contribution in [0.15, 0.2) is 127 Å². The zero-order valence-corrected chi connectivity index (χ0v) is 44.0. The highest BCUT2D eigenvalue weighted by atomic mass is 15.2. The predicted molar refractivity (Wildman–Crippen MR) is 306 cm³/mol. The van der Waals surface area contributed by atoms with E-state index in [1.54, 1.807) is 11.1 Å². The molecule has 8 saturated carbocycles. The number of nitrogens with zero attached hydrogens (tertiary/aromatic N) is 2. The molecule has 0 atom stereocenters. The van der Waals surface area contributed by atoms with Crippen LogP contribution < -0.4 is 15.8 Å². The van der Waals surface area contributed by atoms with Crippen molar-refractivity contribution in [1.29, 1.82) is 0 Å². The largest absolute Gasteiger partial charge is 0.375 e. The molecule has 8 fully saturated rings. The second-order valence-corrected chi connectivity index (χ2v) is 27.9. The van der Waals surface area contributed by atoms with Crippen molar-refractivity contribution in [3.63, 3.8) is 0 Å². The van der Waals surface area contributed by atoms with Gasteiger partial charge in [0.05, 0.1) is 5.69 Å². The van der Waals surface area contributed by atoms with Crippen LogP contribution >= 0.6 is 0 Å². The fourth-order valence-corrected chi connectivity index (χ4v) is 19.7. The Morgan fingerprint density at radius 2 is 1.12 bits per heavy atom. The van der Waals surface area contributed by atoms with Gasteiger partial charge in [0.2, 0.25) is 0 Å². The number of fused-ring (bicyclic) bond motifs is 10. The first-order chi connectivity index (χ1) is 35.3. The predicted octanol–water partition coefficient (Wildman–Crippen LogP) is 16.7. The van der Waals surface area contributed by atoms with Crippen molar-refractivity contribution in [2.24, 2.45) is 35.5 Å². The summed E-state index contributed by atoms with van der Waals surface area (Å²) in [7, 11) is 0. The average Bonchev–Trinajstić information content (AvgIpc) is 3.82. The van der Waals surface area contributed by atoms with Gasteiger partial charge in [-0.1, -0.05) is 113 Å². The average molecular weight is 949 g/mol. The van der Waals surface area contributed by atoms with Crippen molar-refractivity contribution in [2.45, 2.75) is 140 Å². The van der Waals surface area contributed by atoms with Gasteiger partial charge in [-0.25, -0.2) is 0 Å². The van der Waals surface area contributed by atoms with E-state index in [0.29, 0.717) is 5.41 Å². The van der Waals surface area contributed by atoms with Gasteiger partial charge in [0.25, 0.3) is 0 Å². The first kappa shape index (κ1) is 42.5. The molecule has 19 rings (SSSR count). The molecule has 11 aliphatic rings. The van der Waals surface area contributed by atoms with Crippen molar-refractivity contribution >= 4 is 56.6 Å². The van der Waals surface area contributed by atoms with E-state index in [4.69, 9.17) is 0 Å². The monoisotopic (exact) mass is 949 g/mol. The summed E-state index contributed by atoms with van der Waals surface area (Å²) in [6, 6.07) is 52.2. The van der Waals surface area contributed by atoms with Gasteiger partial charge >= 0.3 is 6.85 Å². The van der Waals surface area contributed by atoms with Crippen molar-refractivity contribution in [1.82, 2.24) is 4.48 Å². The molecule has 8 bridgehead atoms. The molecule has 0 radical (unpaired) electrons. The van der Waals surface area contributed by atoms with Crippen LogP contribution in [-0.4, -0.2) is 11.3 Å². The van der Waals surface area contributed by atoms with Gasteiger partial charge in [0.15, 0.2) is 0 Å². The Hall–Kier alpha value is -5.80. The first-order valence-electron chi connectivity index (χ1n) is 28.9. The summed E-state index contributed by atoms with van der Waals surface area (Å²) in [6.45, 7) is 14.4. The number of aromatic nitrogens is 1. The highest BCUT2D eigenvalue weighted by Crippen LogP contribution is 2.64. The number of hydrogen-bond donors (Lipinski definition) is 0. The van der Waals surface area contributed by atoms with Crippen molar-refractivity contribution in [3.8, 4) is 33.4 Å². The van der Waals surface area contributed by atoms with E-state index in [1.165, 1.54) is 182 Å². The summed E-state index contributed by atoms with van der Waals surface area (Å²) in [4.78, 5) is 2.74. The summed E-state index contributed by atoms with van der Waals surface area (Å²) >= 11 is 0. The van der Waals surface area contributed by atoms with Crippen LogP contribution in [0.25, 0.3) is 55.2 Å². The standard InChI is InChI=1S/C70H69BN2/c1-40-20-55-57-31-50(70-37-44-25-45(38-70)27-46(26-44)39-70)30-56-54-29-49(69-34-41-22-42(35-69)24-43(23-41)36-69)17-19-62(54)73(66(56)57)71-60-33-59-53(51-14-10-11-15-58(51)68(59,5)6)32-63(60)72(64(21-40)65(55)71)61-18-16-48(67(2,3)4)28-52(61)47-12-8-7-9-13-47/h7-21,28-33,41-46H,22-27,34-39H2,1-6H3. The van der Waals surface area contributed by atoms with Gasteiger partial charge in [-0.05, 0) is 251 Å². The topological polar surface area (TPSA) is 8.17 Å². The van der Waals surface area contributed by atoms with E-state index in [1.807, 2.05) is 0 Å². The second-order valence-electron chi connectivity index (χ2n) is 27.9. The lowest BCUT2D eigenvalue weighted by Crippen LogP contribution is -2.57. The lowest BCUT2D eigenvalue weighted by atomic mass is 9.44. The molecule has 0 N–H and O–H groups in total. The van der Waals surface area contributed by atoms with Crippen molar-refractivity contribution < 1.29 is 0 Å². The minimum absolute atomic E-state index is 0.0000967. The molecule has 9 aliphatic carbocycles. The minimum atomic E-state index is -0.133. The zero-order chi connectivity index (χ0) is 48.7. The Morgan fingerprint density at radius 1 is 0.493 bits per heavy atom. The Balaban J connectivity index is 0.984. The van der Waals surface area contributed by atoms with Crippen LogP contribution in [0, 0.1) is 42.4 Å². The molecule has 0 amide bonds. The van der Waals surface area contributed by atoms with E-state index < -0.39 is 0 Å². The maximum atomic E-state index is 2.91. The van der Waals surface area contributed by atoms with E-state index in [2.05, 4.69) is 178 Å². The number of anilines is 3. The van der Waals surface area contributed by atoms with E-state index >= 15 is 0 Å². The molecule has 3 heteroatoms. The third kappa shape index (κ3) is 5.68. The first-order valence-corrected chi connectivity index (χ1v) is 28.9. The lowest BCUT2D eigenvalue weighted by Gasteiger charge is -2.57. The molecule has 0 saturated heterocycles. The van der Waals surface area contributed by atoms with Crippen molar-refractivity contribution in [2.75, 3.05) is 4.90 Å². The van der Waals surface area contributed by atoms with Gasteiger partial charge in [0, 0.05) is 49.7 Å². The van der Waals surface area contributed by atoms with Gasteiger partial charge in [0.1, 0.15) is 0 Å². The summed E-state index contributed by atoms with van der Waals surface area (Å²) in [5.41, 5.74) is 27.4. The van der Waals surface area contributed by atoms with E-state index in [-0.39, 0.29) is 23.1 Å². The summed E-state index contributed by atoms with van der Waals surface area (Å²) in [6.07, 6.45) is 17.2. The molecular formula is C70H69BN2. The maximum Gasteiger partial charge on any atom is 0.333 e. The highest BCUT2D eigenvalue weighted by Gasteiger charge is 2.54. The van der Waals surface area contributed by atoms with E-state index in [0.717, 1.165) is 35.5 Å². The van der Waals surface area contributed by atoms with Gasteiger partial charge in [-0.2, -0.15) is 0 Å². The Bertz CT molecular complexity index is 3670. The third-order valence-electron chi connectivity index (χ3n) is 22.0. The quantitative estimate of drug-likeness (QED) is 0.160. The number of benzene rings is 7. The van der Waals surface area contributed by atoms with Gasteiger partial charge in [-0.15, -0.1) is 0 Å². The Morgan fingerprint density at radius 3 is 1.79 bits per heavy atom. The second kappa shape index (κ2) is 14.1. The molecule has 362 valence electrons. The van der Waals surface area contributed by atoms with Gasteiger partial charge in [-0.3, -0.25) is 0 Å². The molecule has 8 aromatic rings. The third-order valence-corrected chi connectivity index (χ3v) is 22.0. The van der Waals surface area contributed by atoms with Gasteiger partial charge < -0.3 is 9.38 Å². The maximum absolute atomic E-state index is 2.91. The van der Waals surface area contributed by atoms with Crippen molar-refractivity contribution in [3.05, 3.63) is 161 Å². The fraction of sp³-hybridized carbons (Fsp3) is 0.400. The molecule has 2 aliphatic heterocycles. The minimum Gasteiger partial charge on any atom is -0.375 e. The van der Waals surface area contributed by atoms with Crippen LogP contribution in [0.4, 0.5) is 17.1 Å². The molecular weight excluding hydrogens is 880 g/mol. The van der Waals surface area contributed by atoms with Crippen LogP contribution in [0.3, 0.4) is 0 Å². The SMILES string of the molecule is Cc1cc2c3c(c1)N(c1ccc(C(C)(C)C)cc1-c1ccccc1)c1cc4c(cc1B3n1c3ccc(C56CC7CC(CC(C7)C5)C6)cc3c3cc(C56CC7CC(CC(C7)C5)C6)cc-2c31)C(C)(C)c1ccccc1-4. The Labute approximate surface area is 433 Å². The molecule has 7 aromatic carbocycles. The smallest absolute Gasteiger partial charge is 0.333 e. The molecule has 0 unspecified atom stereocenters. The lowest BCUT2D eigenvalue weighted by molar-refractivity contribution is -0.00527. The summed E-state index contributed by atoms with van der Waals surface area (Å²) in [5.74, 6) is 5.43. The molecule has 3 heterocycles. The molecule has 1 aromatic heterocycles. The molecule has 0 spiro atoms. The van der Waals surface area contributed by atoms with Crippen LogP contribution in [0.2, 0.25) is 0 Å². The van der Waals surface area contributed by atoms with Crippen LogP contribution in [0.1, 0.15) is 145 Å². The molecule has 2 nitrogen and oxygen atoms in total. The number of hydrogen-bond acceptors (Lipinski definition) is 1. The fourth-order valence-electron chi connectivity index (χ4n) is 19.7. The van der Waals surface area contributed by atoms with E-state index in [9.17, 15) is 0 Å². The number of aryl methyl sites for hydroxylation is 1. The van der Waals surface area contributed by atoms with Crippen LogP contribution in [-0.2, 0) is 21.7 Å².